The van der Waals surface area contributed by atoms with Gasteiger partial charge in [0.25, 0.3) is 0 Å². The molecule has 0 radical (unpaired) electrons. The minimum absolute atomic E-state index is 0.236. The van der Waals surface area contributed by atoms with Crippen molar-refractivity contribution in [1.82, 2.24) is 0 Å². The van der Waals surface area contributed by atoms with E-state index in [-0.39, 0.29) is 5.56 Å². The SMILES string of the molecule is CCCCCN(C#N)c1ccc(C(=O)O)cc1. The number of carboxylic acids is 1. The normalized spacial score (nSPS) is 9.65. The van der Waals surface area contributed by atoms with E-state index in [2.05, 4.69) is 13.1 Å². The number of unbranched alkanes of at least 4 members (excludes halogenated alkanes) is 2. The van der Waals surface area contributed by atoms with Gasteiger partial charge in [0.2, 0.25) is 0 Å². The Bertz CT molecular complexity index is 406. The molecule has 1 rings (SSSR count). The molecule has 90 valence electrons. The maximum atomic E-state index is 10.7. The number of nitriles is 1. The predicted octanol–water partition coefficient (Wildman–Crippen LogP) is 2.86. The van der Waals surface area contributed by atoms with E-state index in [1.54, 1.807) is 17.0 Å². The minimum atomic E-state index is -0.953. The van der Waals surface area contributed by atoms with E-state index in [9.17, 15) is 4.79 Å². The Morgan fingerprint density at radius 1 is 1.35 bits per heavy atom. The Hall–Kier alpha value is -2.02. The van der Waals surface area contributed by atoms with Gasteiger partial charge in [0.1, 0.15) is 0 Å². The lowest BCUT2D eigenvalue weighted by atomic mass is 10.2. The lowest BCUT2D eigenvalue weighted by molar-refractivity contribution is 0.0697. The molecule has 0 atom stereocenters. The van der Waals surface area contributed by atoms with Crippen LogP contribution in [0.15, 0.2) is 24.3 Å². The molecule has 0 saturated carbocycles. The first kappa shape index (κ1) is 13.0. The first-order chi connectivity index (χ1) is 8.19. The second kappa shape index (κ2) is 6.54. The van der Waals surface area contributed by atoms with Crippen LogP contribution < -0.4 is 4.90 Å². The number of carbonyl (C=O) groups is 1. The molecule has 0 aromatic heterocycles. The van der Waals surface area contributed by atoms with E-state index in [1.807, 2.05) is 0 Å². The molecule has 0 unspecified atom stereocenters. The van der Waals surface area contributed by atoms with Crippen molar-refractivity contribution in [1.29, 1.82) is 5.26 Å². The van der Waals surface area contributed by atoms with Crippen LogP contribution in [-0.4, -0.2) is 17.6 Å². The average molecular weight is 232 g/mol. The summed E-state index contributed by atoms with van der Waals surface area (Å²) in [6.45, 7) is 2.79. The van der Waals surface area contributed by atoms with Gasteiger partial charge in [0.15, 0.2) is 6.19 Å². The summed E-state index contributed by atoms with van der Waals surface area (Å²) in [6.07, 6.45) is 5.27. The second-order valence-electron chi connectivity index (χ2n) is 3.81. The molecule has 0 heterocycles. The Morgan fingerprint density at radius 2 is 2.00 bits per heavy atom. The van der Waals surface area contributed by atoms with Crippen LogP contribution in [0.3, 0.4) is 0 Å². The number of hydrogen-bond acceptors (Lipinski definition) is 3. The molecule has 0 aliphatic heterocycles. The van der Waals surface area contributed by atoms with E-state index in [4.69, 9.17) is 10.4 Å². The smallest absolute Gasteiger partial charge is 0.335 e. The van der Waals surface area contributed by atoms with Crippen LogP contribution in [0.2, 0.25) is 0 Å². The van der Waals surface area contributed by atoms with E-state index in [0.29, 0.717) is 6.54 Å². The Kier molecular flexibility index (Phi) is 5.02. The average Bonchev–Trinajstić information content (AvgIpc) is 2.35. The van der Waals surface area contributed by atoms with Crippen LogP contribution in [-0.2, 0) is 0 Å². The molecule has 4 heteroatoms. The van der Waals surface area contributed by atoms with Gasteiger partial charge in [-0.05, 0) is 30.7 Å². The van der Waals surface area contributed by atoms with Crippen molar-refractivity contribution in [2.45, 2.75) is 26.2 Å². The highest BCUT2D eigenvalue weighted by atomic mass is 16.4. The lowest BCUT2D eigenvalue weighted by Gasteiger charge is -2.15. The van der Waals surface area contributed by atoms with Crippen molar-refractivity contribution in [3.63, 3.8) is 0 Å². The molecule has 1 N–H and O–H groups in total. The molecule has 0 bridgehead atoms. The molecular formula is C13H16N2O2. The van der Waals surface area contributed by atoms with Crippen molar-refractivity contribution in [3.05, 3.63) is 29.8 Å². The van der Waals surface area contributed by atoms with Gasteiger partial charge in [-0.3, -0.25) is 4.90 Å². The zero-order valence-corrected chi connectivity index (χ0v) is 9.89. The number of carboxylic acid groups (broad SMARTS) is 1. The van der Waals surface area contributed by atoms with Gasteiger partial charge < -0.3 is 5.11 Å². The monoisotopic (exact) mass is 232 g/mol. The summed E-state index contributed by atoms with van der Waals surface area (Å²) in [5.41, 5.74) is 0.980. The van der Waals surface area contributed by atoms with Crippen LogP contribution in [0.5, 0.6) is 0 Å². The summed E-state index contributed by atoms with van der Waals surface area (Å²) in [6, 6.07) is 6.36. The summed E-state index contributed by atoms with van der Waals surface area (Å²) in [5, 5.41) is 17.8. The molecule has 0 aliphatic rings. The van der Waals surface area contributed by atoms with Crippen molar-refractivity contribution in [2.24, 2.45) is 0 Å². The molecule has 0 aliphatic carbocycles. The summed E-state index contributed by atoms with van der Waals surface area (Å²) >= 11 is 0. The van der Waals surface area contributed by atoms with Gasteiger partial charge in [-0.15, -0.1) is 0 Å². The summed E-state index contributed by atoms with van der Waals surface area (Å²) < 4.78 is 0. The van der Waals surface area contributed by atoms with E-state index < -0.39 is 5.97 Å². The molecular weight excluding hydrogens is 216 g/mol. The molecule has 0 spiro atoms. The van der Waals surface area contributed by atoms with Crippen LogP contribution in [0.4, 0.5) is 5.69 Å². The Morgan fingerprint density at radius 3 is 2.47 bits per heavy atom. The van der Waals surface area contributed by atoms with Gasteiger partial charge in [-0.25, -0.2) is 4.79 Å². The predicted molar refractivity (Wildman–Crippen MR) is 65.9 cm³/mol. The Balaban J connectivity index is 2.69. The fourth-order valence-corrected chi connectivity index (χ4v) is 1.54. The van der Waals surface area contributed by atoms with Crippen molar-refractivity contribution >= 4 is 11.7 Å². The number of rotatable bonds is 6. The maximum absolute atomic E-state index is 10.7. The van der Waals surface area contributed by atoms with Gasteiger partial charge in [-0.2, -0.15) is 5.26 Å². The highest BCUT2D eigenvalue weighted by Gasteiger charge is 2.07. The third-order valence-corrected chi connectivity index (χ3v) is 2.53. The standard InChI is InChI=1S/C13H16N2O2/c1-2-3-4-9-15(10-14)12-7-5-11(6-8-12)13(16)17/h5-8H,2-4,9H2,1H3,(H,16,17). The van der Waals surface area contributed by atoms with Gasteiger partial charge in [0.05, 0.1) is 11.3 Å². The minimum Gasteiger partial charge on any atom is -0.478 e. The molecule has 1 aromatic carbocycles. The molecule has 0 fully saturated rings. The van der Waals surface area contributed by atoms with E-state index in [0.717, 1.165) is 24.9 Å². The first-order valence-corrected chi connectivity index (χ1v) is 5.69. The van der Waals surface area contributed by atoms with Crippen LogP contribution in [0.25, 0.3) is 0 Å². The molecule has 0 amide bonds. The lowest BCUT2D eigenvalue weighted by Crippen LogP contribution is -2.17. The van der Waals surface area contributed by atoms with Crippen LogP contribution in [0.1, 0.15) is 36.5 Å². The zero-order valence-electron chi connectivity index (χ0n) is 9.89. The first-order valence-electron chi connectivity index (χ1n) is 5.69. The van der Waals surface area contributed by atoms with Crippen molar-refractivity contribution < 1.29 is 9.90 Å². The van der Waals surface area contributed by atoms with E-state index in [1.165, 1.54) is 12.1 Å². The largest absolute Gasteiger partial charge is 0.478 e. The quantitative estimate of drug-likeness (QED) is 0.465. The highest BCUT2D eigenvalue weighted by molar-refractivity contribution is 5.88. The number of hydrogen-bond donors (Lipinski definition) is 1. The Labute approximate surface area is 101 Å². The third-order valence-electron chi connectivity index (χ3n) is 2.53. The van der Waals surface area contributed by atoms with Gasteiger partial charge >= 0.3 is 5.97 Å². The number of nitrogens with zero attached hydrogens (tertiary/aromatic N) is 2. The van der Waals surface area contributed by atoms with Crippen molar-refractivity contribution in [2.75, 3.05) is 11.4 Å². The molecule has 1 aromatic rings. The number of benzene rings is 1. The third kappa shape index (κ3) is 3.80. The van der Waals surface area contributed by atoms with Gasteiger partial charge in [-0.1, -0.05) is 19.8 Å². The number of anilines is 1. The van der Waals surface area contributed by atoms with Crippen LogP contribution >= 0.6 is 0 Å². The maximum Gasteiger partial charge on any atom is 0.335 e. The molecule has 17 heavy (non-hydrogen) atoms. The van der Waals surface area contributed by atoms with Crippen LogP contribution in [0, 0.1) is 11.5 Å². The number of aromatic carboxylic acids is 1. The fourth-order valence-electron chi connectivity index (χ4n) is 1.54. The molecule has 4 nitrogen and oxygen atoms in total. The highest BCUT2D eigenvalue weighted by Crippen LogP contribution is 2.15. The summed E-state index contributed by atoms with van der Waals surface area (Å²) in [4.78, 5) is 12.3. The fraction of sp³-hybridized carbons (Fsp3) is 0.385. The van der Waals surface area contributed by atoms with E-state index >= 15 is 0 Å². The summed E-state index contributed by atoms with van der Waals surface area (Å²) in [7, 11) is 0. The second-order valence-corrected chi connectivity index (χ2v) is 3.81. The molecule has 0 saturated heterocycles. The summed E-state index contributed by atoms with van der Waals surface area (Å²) in [5.74, 6) is -0.953. The van der Waals surface area contributed by atoms with Gasteiger partial charge in [0, 0.05) is 6.54 Å². The topological polar surface area (TPSA) is 64.3 Å². The van der Waals surface area contributed by atoms with Crippen molar-refractivity contribution in [3.8, 4) is 6.19 Å². The zero-order chi connectivity index (χ0) is 12.7.